The molecule has 1 aromatic heterocycles. The van der Waals surface area contributed by atoms with Crippen LogP contribution in [0.25, 0.3) is 0 Å². The van der Waals surface area contributed by atoms with Crippen LogP contribution < -0.4 is 5.32 Å². The molecule has 0 saturated heterocycles. The van der Waals surface area contributed by atoms with Crippen molar-refractivity contribution in [1.29, 1.82) is 0 Å². The fourth-order valence-corrected chi connectivity index (χ4v) is 2.11. The van der Waals surface area contributed by atoms with Gasteiger partial charge in [0.2, 0.25) is 0 Å². The summed E-state index contributed by atoms with van der Waals surface area (Å²) in [5, 5.41) is 3.25. The average molecular weight is 280 g/mol. The summed E-state index contributed by atoms with van der Waals surface area (Å²) in [6.45, 7) is 2.08. The van der Waals surface area contributed by atoms with E-state index in [0.717, 1.165) is 10.2 Å². The Labute approximate surface area is 104 Å². The molecule has 0 radical (unpaired) electrons. The lowest BCUT2D eigenvalue weighted by Gasteiger charge is -2.15. The van der Waals surface area contributed by atoms with E-state index in [9.17, 15) is 0 Å². The number of rotatable bonds is 3. The number of halogens is 1. The fourth-order valence-electron chi connectivity index (χ4n) is 1.72. The van der Waals surface area contributed by atoms with Crippen molar-refractivity contribution >= 4 is 15.9 Å². The molecule has 0 saturated carbocycles. The van der Waals surface area contributed by atoms with Gasteiger partial charge in [0.15, 0.2) is 0 Å². The Kier molecular flexibility index (Phi) is 3.46. The smallest absolute Gasteiger partial charge is 0.125 e. The maximum atomic E-state index is 5.43. The molecule has 0 aliphatic heterocycles. The van der Waals surface area contributed by atoms with Crippen LogP contribution in [0.2, 0.25) is 0 Å². The lowest BCUT2D eigenvalue weighted by molar-refractivity contribution is 0.463. The highest BCUT2D eigenvalue weighted by molar-refractivity contribution is 9.10. The average Bonchev–Trinajstić information content (AvgIpc) is 2.78. The Hall–Kier alpha value is -1.06. The summed E-state index contributed by atoms with van der Waals surface area (Å²) in [4.78, 5) is 0. The van der Waals surface area contributed by atoms with Crippen LogP contribution in [0.3, 0.4) is 0 Å². The van der Waals surface area contributed by atoms with E-state index in [0.29, 0.717) is 0 Å². The van der Waals surface area contributed by atoms with Gasteiger partial charge in [-0.25, -0.2) is 0 Å². The van der Waals surface area contributed by atoms with Crippen LogP contribution in [-0.4, -0.2) is 7.05 Å². The van der Waals surface area contributed by atoms with E-state index in [2.05, 4.69) is 46.4 Å². The van der Waals surface area contributed by atoms with Crippen LogP contribution in [0.15, 0.2) is 45.5 Å². The van der Waals surface area contributed by atoms with Crippen LogP contribution in [0.5, 0.6) is 0 Å². The van der Waals surface area contributed by atoms with Crippen LogP contribution in [0, 0.1) is 6.92 Å². The Balaban J connectivity index is 2.37. The van der Waals surface area contributed by atoms with E-state index in [4.69, 9.17) is 4.42 Å². The molecular weight excluding hydrogens is 266 g/mol. The molecule has 1 N–H and O–H groups in total. The van der Waals surface area contributed by atoms with Crippen molar-refractivity contribution in [2.75, 3.05) is 7.05 Å². The molecule has 1 aromatic carbocycles. The Bertz CT molecular complexity index is 465. The molecule has 0 fully saturated rings. The third kappa shape index (κ3) is 2.20. The molecule has 0 spiro atoms. The lowest BCUT2D eigenvalue weighted by atomic mass is 10.0. The molecule has 3 heteroatoms. The highest BCUT2D eigenvalue weighted by Crippen LogP contribution is 2.26. The SMILES string of the molecule is CNC(c1ccc(C)c(Br)c1)c1ccco1. The normalized spacial score (nSPS) is 12.7. The van der Waals surface area contributed by atoms with Gasteiger partial charge in [0, 0.05) is 4.47 Å². The van der Waals surface area contributed by atoms with E-state index in [1.54, 1.807) is 6.26 Å². The molecule has 1 atom stereocenters. The second-order valence-corrected chi connectivity index (χ2v) is 4.60. The van der Waals surface area contributed by atoms with Gasteiger partial charge in [0.1, 0.15) is 5.76 Å². The van der Waals surface area contributed by atoms with Crippen molar-refractivity contribution in [3.63, 3.8) is 0 Å². The summed E-state index contributed by atoms with van der Waals surface area (Å²) < 4.78 is 6.56. The van der Waals surface area contributed by atoms with Crippen molar-refractivity contribution in [2.45, 2.75) is 13.0 Å². The first-order valence-electron chi connectivity index (χ1n) is 5.19. The van der Waals surface area contributed by atoms with Crippen LogP contribution >= 0.6 is 15.9 Å². The molecule has 2 nitrogen and oxygen atoms in total. The van der Waals surface area contributed by atoms with Gasteiger partial charge in [-0.1, -0.05) is 28.1 Å². The van der Waals surface area contributed by atoms with Gasteiger partial charge in [0.05, 0.1) is 12.3 Å². The fraction of sp³-hybridized carbons (Fsp3) is 0.231. The number of aryl methyl sites for hydroxylation is 1. The first-order chi connectivity index (χ1) is 7.72. The number of hydrogen-bond acceptors (Lipinski definition) is 2. The lowest BCUT2D eigenvalue weighted by Crippen LogP contribution is -2.16. The van der Waals surface area contributed by atoms with Crippen molar-refractivity contribution in [3.05, 3.63) is 58.0 Å². The maximum Gasteiger partial charge on any atom is 0.125 e. The first-order valence-corrected chi connectivity index (χ1v) is 5.98. The third-order valence-corrected chi connectivity index (χ3v) is 3.50. The molecule has 16 heavy (non-hydrogen) atoms. The van der Waals surface area contributed by atoms with E-state index in [-0.39, 0.29) is 6.04 Å². The van der Waals surface area contributed by atoms with E-state index in [1.165, 1.54) is 11.1 Å². The minimum Gasteiger partial charge on any atom is -0.467 e. The molecule has 0 aliphatic carbocycles. The molecule has 0 bridgehead atoms. The van der Waals surface area contributed by atoms with Gasteiger partial charge >= 0.3 is 0 Å². The van der Waals surface area contributed by atoms with Crippen molar-refractivity contribution < 1.29 is 4.42 Å². The molecule has 0 aliphatic rings. The van der Waals surface area contributed by atoms with Gasteiger partial charge in [-0.3, -0.25) is 0 Å². The van der Waals surface area contributed by atoms with Crippen LogP contribution in [0.4, 0.5) is 0 Å². The minimum absolute atomic E-state index is 0.104. The van der Waals surface area contributed by atoms with E-state index in [1.807, 2.05) is 19.2 Å². The molecule has 84 valence electrons. The largest absolute Gasteiger partial charge is 0.467 e. The highest BCUT2D eigenvalue weighted by atomic mass is 79.9. The zero-order chi connectivity index (χ0) is 11.5. The summed E-state index contributed by atoms with van der Waals surface area (Å²) in [7, 11) is 1.93. The second-order valence-electron chi connectivity index (χ2n) is 3.75. The summed E-state index contributed by atoms with van der Waals surface area (Å²) in [5.41, 5.74) is 2.42. The van der Waals surface area contributed by atoms with Gasteiger partial charge in [0.25, 0.3) is 0 Å². The van der Waals surface area contributed by atoms with E-state index >= 15 is 0 Å². The zero-order valence-corrected chi connectivity index (χ0v) is 10.9. The Morgan fingerprint density at radius 3 is 2.69 bits per heavy atom. The monoisotopic (exact) mass is 279 g/mol. The maximum absolute atomic E-state index is 5.43. The standard InChI is InChI=1S/C13H14BrNO/c1-9-5-6-10(8-11(9)14)13(15-2)12-4-3-7-16-12/h3-8,13,15H,1-2H3. The molecule has 1 heterocycles. The van der Waals surface area contributed by atoms with Crippen molar-refractivity contribution in [1.82, 2.24) is 5.32 Å². The summed E-state index contributed by atoms with van der Waals surface area (Å²) >= 11 is 3.55. The topological polar surface area (TPSA) is 25.2 Å². The number of nitrogens with one attached hydrogen (secondary N) is 1. The second kappa shape index (κ2) is 4.85. The predicted octanol–water partition coefficient (Wildman–Crippen LogP) is 3.66. The number of hydrogen-bond donors (Lipinski definition) is 1. The van der Waals surface area contributed by atoms with Gasteiger partial charge in [-0.15, -0.1) is 0 Å². The summed E-state index contributed by atoms with van der Waals surface area (Å²) in [6, 6.07) is 10.3. The molecule has 2 aromatic rings. The number of benzene rings is 1. The van der Waals surface area contributed by atoms with Crippen molar-refractivity contribution in [2.24, 2.45) is 0 Å². The quantitative estimate of drug-likeness (QED) is 0.928. The van der Waals surface area contributed by atoms with Gasteiger partial charge in [-0.2, -0.15) is 0 Å². The Morgan fingerprint density at radius 2 is 2.12 bits per heavy atom. The van der Waals surface area contributed by atoms with Crippen LogP contribution in [0.1, 0.15) is 22.9 Å². The summed E-state index contributed by atoms with van der Waals surface area (Å²) in [6.07, 6.45) is 1.70. The first kappa shape index (κ1) is 11.4. The zero-order valence-electron chi connectivity index (χ0n) is 9.33. The third-order valence-electron chi connectivity index (χ3n) is 2.65. The Morgan fingerprint density at radius 1 is 1.31 bits per heavy atom. The van der Waals surface area contributed by atoms with Crippen molar-refractivity contribution in [3.8, 4) is 0 Å². The summed E-state index contributed by atoms with van der Waals surface area (Å²) in [5.74, 6) is 0.929. The molecule has 2 rings (SSSR count). The highest BCUT2D eigenvalue weighted by Gasteiger charge is 2.14. The molecule has 1 unspecified atom stereocenters. The molecular formula is C13H14BrNO. The predicted molar refractivity (Wildman–Crippen MR) is 68.5 cm³/mol. The van der Waals surface area contributed by atoms with Gasteiger partial charge in [-0.05, 0) is 43.3 Å². The van der Waals surface area contributed by atoms with Gasteiger partial charge < -0.3 is 9.73 Å². The minimum atomic E-state index is 0.104. The number of furan rings is 1. The van der Waals surface area contributed by atoms with Crippen LogP contribution in [-0.2, 0) is 0 Å². The van der Waals surface area contributed by atoms with E-state index < -0.39 is 0 Å². The molecule has 0 amide bonds.